The Morgan fingerprint density at radius 1 is 1.33 bits per heavy atom. The van der Waals surface area contributed by atoms with Crippen LogP contribution in [0.5, 0.6) is 0 Å². The summed E-state index contributed by atoms with van der Waals surface area (Å²) >= 11 is 0. The molecule has 0 saturated heterocycles. The first kappa shape index (κ1) is 7.90. The van der Waals surface area contributed by atoms with Gasteiger partial charge in [0, 0.05) is 17.4 Å². The van der Waals surface area contributed by atoms with E-state index in [1.165, 1.54) is 18.5 Å². The van der Waals surface area contributed by atoms with Gasteiger partial charge in [-0.15, -0.1) is 0 Å². The zero-order chi connectivity index (χ0) is 8.77. The van der Waals surface area contributed by atoms with Crippen molar-refractivity contribution >= 4 is 0 Å². The third-order valence-corrected chi connectivity index (χ3v) is 2.50. The topological polar surface area (TPSA) is 4.93 Å². The van der Waals surface area contributed by atoms with Gasteiger partial charge >= 0.3 is 0 Å². The van der Waals surface area contributed by atoms with Crippen LogP contribution in [0.15, 0.2) is 18.3 Å². The quantitative estimate of drug-likeness (QED) is 0.599. The normalized spacial score (nSPS) is 18.2. The minimum absolute atomic E-state index is 0.251. The molecular formula is C11H17N. The highest BCUT2D eigenvalue weighted by Crippen LogP contribution is 2.41. The van der Waals surface area contributed by atoms with Crippen LogP contribution in [0.4, 0.5) is 0 Å². The third kappa shape index (κ3) is 1.28. The highest BCUT2D eigenvalue weighted by Gasteiger charge is 2.28. The lowest BCUT2D eigenvalue weighted by atomic mass is 10.1. The van der Waals surface area contributed by atoms with Gasteiger partial charge in [0.05, 0.1) is 0 Å². The van der Waals surface area contributed by atoms with Gasteiger partial charge in [-0.05, 0) is 51.7 Å². The van der Waals surface area contributed by atoms with Gasteiger partial charge in [0.25, 0.3) is 0 Å². The largest absolute Gasteiger partial charge is 0.346 e. The van der Waals surface area contributed by atoms with Crippen LogP contribution in [0.2, 0.25) is 0 Å². The van der Waals surface area contributed by atoms with Crippen molar-refractivity contribution in [1.29, 1.82) is 0 Å². The van der Waals surface area contributed by atoms with Crippen LogP contribution >= 0.6 is 0 Å². The number of rotatable bonds is 1. The fourth-order valence-electron chi connectivity index (χ4n) is 1.72. The fraction of sp³-hybridized carbons (Fsp3) is 0.636. The molecule has 1 aromatic rings. The third-order valence-electron chi connectivity index (χ3n) is 2.50. The minimum Gasteiger partial charge on any atom is -0.346 e. The molecule has 1 heterocycles. The van der Waals surface area contributed by atoms with Crippen molar-refractivity contribution in [3.63, 3.8) is 0 Å². The van der Waals surface area contributed by atoms with E-state index in [0.29, 0.717) is 0 Å². The second-order valence-corrected chi connectivity index (χ2v) is 4.75. The smallest absolute Gasteiger partial charge is 0.0358 e. The molecule has 1 aliphatic rings. The molecular weight excluding hydrogens is 146 g/mol. The van der Waals surface area contributed by atoms with E-state index < -0.39 is 0 Å². The molecule has 0 radical (unpaired) electrons. The molecule has 12 heavy (non-hydrogen) atoms. The first-order valence-corrected chi connectivity index (χ1v) is 4.77. The van der Waals surface area contributed by atoms with E-state index in [9.17, 15) is 0 Å². The van der Waals surface area contributed by atoms with E-state index in [1.54, 1.807) is 0 Å². The van der Waals surface area contributed by atoms with E-state index in [2.05, 4.69) is 43.7 Å². The Labute approximate surface area is 74.4 Å². The number of hydrogen-bond acceptors (Lipinski definition) is 0. The molecule has 1 nitrogen and oxygen atoms in total. The molecule has 0 aromatic carbocycles. The maximum Gasteiger partial charge on any atom is 0.0358 e. The van der Waals surface area contributed by atoms with Crippen molar-refractivity contribution in [3.8, 4) is 0 Å². The van der Waals surface area contributed by atoms with Crippen molar-refractivity contribution in [1.82, 2.24) is 4.57 Å². The molecule has 2 rings (SSSR count). The summed E-state index contributed by atoms with van der Waals surface area (Å²) in [5, 5.41) is 0. The average Bonchev–Trinajstić information content (AvgIpc) is 2.65. The molecule has 66 valence electrons. The van der Waals surface area contributed by atoms with Crippen LogP contribution in [0.3, 0.4) is 0 Å². The molecule has 1 saturated carbocycles. The maximum atomic E-state index is 2.41. The highest BCUT2D eigenvalue weighted by molar-refractivity contribution is 5.19. The van der Waals surface area contributed by atoms with Gasteiger partial charge in [0.2, 0.25) is 0 Å². The van der Waals surface area contributed by atoms with Gasteiger partial charge in [0.15, 0.2) is 0 Å². The van der Waals surface area contributed by atoms with Crippen LogP contribution in [0, 0.1) is 0 Å². The van der Waals surface area contributed by atoms with Gasteiger partial charge in [0.1, 0.15) is 0 Å². The summed E-state index contributed by atoms with van der Waals surface area (Å²) in [5.41, 5.74) is 1.78. The monoisotopic (exact) mass is 163 g/mol. The second-order valence-electron chi connectivity index (χ2n) is 4.75. The Hall–Kier alpha value is -0.720. The molecule has 0 atom stereocenters. The van der Waals surface area contributed by atoms with E-state index in [1.807, 2.05) is 0 Å². The van der Waals surface area contributed by atoms with Gasteiger partial charge in [-0.2, -0.15) is 0 Å². The summed E-state index contributed by atoms with van der Waals surface area (Å²) in [6, 6.07) is 4.43. The van der Waals surface area contributed by atoms with E-state index in [4.69, 9.17) is 0 Å². The lowest BCUT2D eigenvalue weighted by molar-refractivity contribution is 0.386. The van der Waals surface area contributed by atoms with Crippen molar-refractivity contribution < 1.29 is 0 Å². The molecule has 1 heteroatoms. The molecule has 0 unspecified atom stereocenters. The van der Waals surface area contributed by atoms with Crippen LogP contribution < -0.4 is 0 Å². The molecule has 0 spiro atoms. The minimum atomic E-state index is 0.251. The predicted octanol–water partition coefficient (Wildman–Crippen LogP) is 3.12. The summed E-state index contributed by atoms with van der Waals surface area (Å²) in [4.78, 5) is 0. The van der Waals surface area contributed by atoms with E-state index >= 15 is 0 Å². The van der Waals surface area contributed by atoms with Gasteiger partial charge in [-0.1, -0.05) is 0 Å². The number of aromatic nitrogens is 1. The molecule has 0 bridgehead atoms. The Morgan fingerprint density at radius 3 is 2.50 bits per heavy atom. The number of hydrogen-bond donors (Lipinski definition) is 0. The van der Waals surface area contributed by atoms with Crippen LogP contribution in [0.25, 0.3) is 0 Å². The maximum absolute atomic E-state index is 2.41. The standard InChI is InChI=1S/C11H17N/c1-11(2,3)12-8-4-5-10(12)9-6-7-9/h4-5,8-9H,6-7H2,1-3H3. The summed E-state index contributed by atoms with van der Waals surface area (Å²) in [5.74, 6) is 0.860. The molecule has 0 N–H and O–H groups in total. The Morgan fingerprint density at radius 2 is 2.00 bits per heavy atom. The molecule has 0 aliphatic heterocycles. The van der Waals surface area contributed by atoms with Crippen LogP contribution in [-0.4, -0.2) is 4.57 Å². The SMILES string of the molecule is CC(C)(C)n1cccc1C1CC1. The van der Waals surface area contributed by atoms with Gasteiger partial charge < -0.3 is 4.57 Å². The summed E-state index contributed by atoms with van der Waals surface area (Å²) in [6.07, 6.45) is 4.98. The Bertz CT molecular complexity index is 273. The molecule has 1 aromatic heterocycles. The number of nitrogens with zero attached hydrogens (tertiary/aromatic N) is 1. The van der Waals surface area contributed by atoms with E-state index in [-0.39, 0.29) is 5.54 Å². The predicted molar refractivity (Wildman–Crippen MR) is 51.4 cm³/mol. The van der Waals surface area contributed by atoms with Crippen molar-refractivity contribution in [2.24, 2.45) is 0 Å². The molecule has 1 aliphatic carbocycles. The zero-order valence-electron chi connectivity index (χ0n) is 8.17. The second kappa shape index (κ2) is 2.38. The summed E-state index contributed by atoms with van der Waals surface area (Å²) < 4.78 is 2.41. The van der Waals surface area contributed by atoms with Gasteiger partial charge in [-0.3, -0.25) is 0 Å². The van der Waals surface area contributed by atoms with Crippen molar-refractivity contribution in [3.05, 3.63) is 24.0 Å². The summed E-state index contributed by atoms with van der Waals surface area (Å²) in [7, 11) is 0. The highest BCUT2D eigenvalue weighted by atomic mass is 15.0. The lowest BCUT2D eigenvalue weighted by Crippen LogP contribution is -2.22. The summed E-state index contributed by atoms with van der Waals surface area (Å²) in [6.45, 7) is 6.79. The first-order valence-electron chi connectivity index (χ1n) is 4.77. The van der Waals surface area contributed by atoms with Crippen LogP contribution in [-0.2, 0) is 5.54 Å². The Kier molecular flexibility index (Phi) is 1.57. The lowest BCUT2D eigenvalue weighted by Gasteiger charge is -2.24. The first-order chi connectivity index (χ1) is 5.59. The average molecular weight is 163 g/mol. The van der Waals surface area contributed by atoms with Crippen molar-refractivity contribution in [2.75, 3.05) is 0 Å². The molecule has 1 fully saturated rings. The van der Waals surface area contributed by atoms with Crippen LogP contribution in [0.1, 0.15) is 45.2 Å². The Balaban J connectivity index is 2.36. The van der Waals surface area contributed by atoms with Gasteiger partial charge in [-0.25, -0.2) is 0 Å². The zero-order valence-corrected chi connectivity index (χ0v) is 8.17. The fourth-order valence-corrected chi connectivity index (χ4v) is 1.72. The van der Waals surface area contributed by atoms with Crippen molar-refractivity contribution in [2.45, 2.75) is 45.1 Å². The van der Waals surface area contributed by atoms with E-state index in [0.717, 1.165) is 5.92 Å². The molecule has 0 amide bonds.